The molecule has 1 heterocycles. The molecule has 2 unspecified atom stereocenters. The molecular formula is C24H32N4O5. The number of amides is 5. The van der Waals surface area contributed by atoms with Crippen molar-refractivity contribution in [3.05, 3.63) is 29.8 Å². The van der Waals surface area contributed by atoms with E-state index in [1.807, 2.05) is 0 Å². The van der Waals surface area contributed by atoms with Crippen molar-refractivity contribution in [2.24, 2.45) is 5.92 Å². The van der Waals surface area contributed by atoms with Gasteiger partial charge in [0.15, 0.2) is 0 Å². The third kappa shape index (κ3) is 4.73. The van der Waals surface area contributed by atoms with Crippen LogP contribution in [-0.2, 0) is 20.9 Å². The van der Waals surface area contributed by atoms with Gasteiger partial charge in [-0.2, -0.15) is 0 Å². The van der Waals surface area contributed by atoms with Crippen molar-refractivity contribution in [2.45, 2.75) is 82.5 Å². The lowest BCUT2D eigenvalue weighted by atomic mass is 9.98. The van der Waals surface area contributed by atoms with Crippen LogP contribution < -0.4 is 20.9 Å². The second kappa shape index (κ2) is 9.51. The fourth-order valence-electron chi connectivity index (χ4n) is 5.14. The lowest BCUT2D eigenvalue weighted by Crippen LogP contribution is -2.53. The molecule has 3 fully saturated rings. The van der Waals surface area contributed by atoms with Gasteiger partial charge < -0.3 is 21.1 Å². The molecule has 0 radical (unpaired) electrons. The van der Waals surface area contributed by atoms with Crippen molar-refractivity contribution in [2.75, 3.05) is 4.90 Å². The number of aliphatic hydroxyl groups excluding tert-OH is 1. The molecule has 0 aromatic heterocycles. The third-order valence-electron chi connectivity index (χ3n) is 7.04. The molecule has 1 aliphatic heterocycles. The Morgan fingerprint density at radius 3 is 2.55 bits per heavy atom. The first kappa shape index (κ1) is 23.2. The first-order valence-electron chi connectivity index (χ1n) is 11.8. The highest BCUT2D eigenvalue weighted by atomic mass is 16.3. The van der Waals surface area contributed by atoms with Gasteiger partial charge >= 0.3 is 6.03 Å². The first-order valence-corrected chi connectivity index (χ1v) is 11.8. The van der Waals surface area contributed by atoms with Crippen LogP contribution in [0.15, 0.2) is 24.3 Å². The summed E-state index contributed by atoms with van der Waals surface area (Å²) in [4.78, 5) is 51.9. The maximum atomic E-state index is 13.0. The van der Waals surface area contributed by atoms with Crippen LogP contribution in [0.2, 0.25) is 0 Å². The van der Waals surface area contributed by atoms with Crippen LogP contribution in [0, 0.1) is 5.92 Å². The normalized spacial score (nSPS) is 21.8. The number of aliphatic hydroxyl groups is 1. The topological polar surface area (TPSA) is 128 Å². The summed E-state index contributed by atoms with van der Waals surface area (Å²) in [6, 6.07) is 5.42. The van der Waals surface area contributed by atoms with Crippen LogP contribution in [-0.4, -0.2) is 46.5 Å². The van der Waals surface area contributed by atoms with Crippen molar-refractivity contribution in [1.82, 2.24) is 16.0 Å². The van der Waals surface area contributed by atoms with Crippen molar-refractivity contribution in [1.29, 1.82) is 0 Å². The summed E-state index contributed by atoms with van der Waals surface area (Å²) in [5.74, 6) is -1.02. The predicted octanol–water partition coefficient (Wildman–Crippen LogP) is 1.73. The second-order valence-corrected chi connectivity index (χ2v) is 9.46. The molecule has 9 heteroatoms. The lowest BCUT2D eigenvalue weighted by molar-refractivity contribution is -0.133. The summed E-state index contributed by atoms with van der Waals surface area (Å²) in [5, 5.41) is 18.4. The molecule has 9 nitrogen and oxygen atoms in total. The molecule has 33 heavy (non-hydrogen) atoms. The maximum absolute atomic E-state index is 13.0. The zero-order chi connectivity index (χ0) is 23.6. The third-order valence-corrected chi connectivity index (χ3v) is 7.04. The molecule has 0 bridgehead atoms. The molecule has 1 spiro atoms. The average molecular weight is 457 g/mol. The van der Waals surface area contributed by atoms with Crippen molar-refractivity contribution < 1.29 is 24.3 Å². The van der Waals surface area contributed by atoms with Crippen LogP contribution in [0.4, 0.5) is 10.5 Å². The number of benzene rings is 1. The minimum Gasteiger partial charge on any atom is -0.391 e. The minimum absolute atomic E-state index is 0.108. The van der Waals surface area contributed by atoms with Gasteiger partial charge in [0, 0.05) is 12.5 Å². The van der Waals surface area contributed by atoms with E-state index in [0.29, 0.717) is 24.1 Å². The van der Waals surface area contributed by atoms with Gasteiger partial charge in [-0.1, -0.05) is 37.8 Å². The van der Waals surface area contributed by atoms with Gasteiger partial charge in [0.2, 0.25) is 11.8 Å². The lowest BCUT2D eigenvalue weighted by Gasteiger charge is -2.23. The van der Waals surface area contributed by atoms with Gasteiger partial charge in [-0.15, -0.1) is 0 Å². The molecule has 2 atom stereocenters. The van der Waals surface area contributed by atoms with Gasteiger partial charge in [-0.25, -0.2) is 9.69 Å². The Balaban J connectivity index is 1.39. The molecule has 1 aromatic rings. The number of hydrogen-bond donors (Lipinski definition) is 4. The van der Waals surface area contributed by atoms with Gasteiger partial charge in [-0.3, -0.25) is 14.4 Å². The van der Waals surface area contributed by atoms with E-state index < -0.39 is 29.6 Å². The molecular weight excluding hydrogens is 424 g/mol. The number of urea groups is 1. The number of imide groups is 1. The van der Waals surface area contributed by atoms with Crippen LogP contribution >= 0.6 is 0 Å². The van der Waals surface area contributed by atoms with E-state index in [0.717, 1.165) is 38.5 Å². The predicted molar refractivity (Wildman–Crippen MR) is 121 cm³/mol. The smallest absolute Gasteiger partial charge is 0.329 e. The summed E-state index contributed by atoms with van der Waals surface area (Å²) >= 11 is 0. The fourth-order valence-corrected chi connectivity index (χ4v) is 5.14. The molecule has 3 aliphatic rings. The molecule has 4 N–H and O–H groups in total. The number of rotatable bonds is 7. The van der Waals surface area contributed by atoms with Crippen molar-refractivity contribution in [3.63, 3.8) is 0 Å². The molecule has 2 saturated carbocycles. The van der Waals surface area contributed by atoms with Crippen LogP contribution in [0.1, 0.15) is 63.9 Å². The minimum atomic E-state index is -1.05. The SMILES string of the molecule is CC(O)C(NC(=O)C1CCCC1)C(=O)NCc1cccc(N2C(=O)NC3(CCCC3)C2=O)c1. The van der Waals surface area contributed by atoms with Crippen LogP contribution in [0.25, 0.3) is 0 Å². The summed E-state index contributed by atoms with van der Waals surface area (Å²) in [6.45, 7) is 1.60. The quantitative estimate of drug-likeness (QED) is 0.465. The molecule has 5 amide bonds. The zero-order valence-electron chi connectivity index (χ0n) is 18.9. The van der Waals surface area contributed by atoms with E-state index >= 15 is 0 Å². The average Bonchev–Trinajstić information content (AvgIpc) is 3.53. The first-order chi connectivity index (χ1) is 15.8. The number of nitrogens with zero attached hydrogens (tertiary/aromatic N) is 1. The van der Waals surface area contributed by atoms with E-state index in [2.05, 4.69) is 16.0 Å². The number of anilines is 1. The van der Waals surface area contributed by atoms with Gasteiger partial charge in [0.05, 0.1) is 11.8 Å². The van der Waals surface area contributed by atoms with Crippen LogP contribution in [0.5, 0.6) is 0 Å². The number of hydrogen-bond acceptors (Lipinski definition) is 5. The van der Waals surface area contributed by atoms with Gasteiger partial charge in [0.25, 0.3) is 5.91 Å². The fraction of sp³-hybridized carbons (Fsp3) is 0.583. The van der Waals surface area contributed by atoms with E-state index in [-0.39, 0.29) is 24.3 Å². The largest absolute Gasteiger partial charge is 0.391 e. The Labute approximate surface area is 193 Å². The molecule has 4 rings (SSSR count). The number of nitrogens with one attached hydrogen (secondary N) is 3. The standard InChI is InChI=1S/C24H32N4O5/c1-15(29)19(26-20(30)17-8-2-3-9-17)21(31)25-14-16-7-6-10-18(13-16)28-22(32)24(27-23(28)33)11-4-5-12-24/h6-7,10,13,15,17,19,29H,2-5,8-9,11-12,14H2,1H3,(H,25,31)(H,26,30)(H,27,33). The summed E-state index contributed by atoms with van der Waals surface area (Å²) in [7, 11) is 0. The number of carbonyl (C=O) groups is 4. The number of carbonyl (C=O) groups excluding carboxylic acids is 4. The zero-order valence-corrected chi connectivity index (χ0v) is 18.9. The Morgan fingerprint density at radius 1 is 1.18 bits per heavy atom. The Hall–Kier alpha value is -2.94. The van der Waals surface area contributed by atoms with Crippen LogP contribution in [0.3, 0.4) is 0 Å². The van der Waals surface area contributed by atoms with E-state index in [4.69, 9.17) is 0 Å². The maximum Gasteiger partial charge on any atom is 0.329 e. The highest BCUT2D eigenvalue weighted by Crippen LogP contribution is 2.37. The molecule has 1 aromatic carbocycles. The Bertz CT molecular complexity index is 935. The Kier molecular flexibility index (Phi) is 6.69. The molecule has 1 saturated heterocycles. The van der Waals surface area contributed by atoms with Crippen molar-refractivity contribution in [3.8, 4) is 0 Å². The van der Waals surface area contributed by atoms with E-state index in [1.54, 1.807) is 24.3 Å². The van der Waals surface area contributed by atoms with E-state index in [1.165, 1.54) is 11.8 Å². The highest BCUT2D eigenvalue weighted by Gasteiger charge is 2.52. The molecule has 2 aliphatic carbocycles. The Morgan fingerprint density at radius 2 is 1.88 bits per heavy atom. The highest BCUT2D eigenvalue weighted by molar-refractivity contribution is 6.23. The van der Waals surface area contributed by atoms with Gasteiger partial charge in [-0.05, 0) is 50.3 Å². The van der Waals surface area contributed by atoms with E-state index in [9.17, 15) is 24.3 Å². The van der Waals surface area contributed by atoms with Gasteiger partial charge in [0.1, 0.15) is 11.6 Å². The summed E-state index contributed by atoms with van der Waals surface area (Å²) < 4.78 is 0. The second-order valence-electron chi connectivity index (χ2n) is 9.46. The summed E-state index contributed by atoms with van der Waals surface area (Å²) in [6.07, 6.45) is 5.68. The summed E-state index contributed by atoms with van der Waals surface area (Å²) in [5.41, 5.74) is 0.360. The molecule has 178 valence electrons. The monoisotopic (exact) mass is 456 g/mol. The van der Waals surface area contributed by atoms with Crippen molar-refractivity contribution >= 4 is 29.4 Å².